The van der Waals surface area contributed by atoms with Gasteiger partial charge in [0.1, 0.15) is 0 Å². The normalized spacial score (nSPS) is 24.8. The molecule has 1 aliphatic heterocycles. The maximum absolute atomic E-state index is 9.27. The van der Waals surface area contributed by atoms with E-state index in [0.717, 1.165) is 0 Å². The van der Waals surface area contributed by atoms with E-state index in [1.165, 1.54) is 11.8 Å². The average Bonchev–Trinajstić information content (AvgIpc) is 2.19. The van der Waals surface area contributed by atoms with Gasteiger partial charge in [0.2, 0.25) is 5.16 Å². The minimum Gasteiger partial charge on any atom is -0.369 e. The largest absolute Gasteiger partial charge is 0.369 e. The quantitative estimate of drug-likeness (QED) is 0.445. The van der Waals surface area contributed by atoms with Crippen LogP contribution in [0.25, 0.3) is 0 Å². The lowest BCUT2D eigenvalue weighted by Crippen LogP contribution is -2.43. The Morgan fingerprint density at radius 2 is 1.79 bits per heavy atom. The van der Waals surface area contributed by atoms with Gasteiger partial charge in [-0.05, 0) is 6.26 Å². The van der Waals surface area contributed by atoms with E-state index < -0.39 is 12.5 Å². The van der Waals surface area contributed by atoms with Crippen molar-refractivity contribution in [3.8, 4) is 0 Å². The van der Waals surface area contributed by atoms with Crippen LogP contribution in [-0.2, 0) is 0 Å². The lowest BCUT2D eigenvalue weighted by Gasteiger charge is -2.27. The van der Waals surface area contributed by atoms with Crippen molar-refractivity contribution >= 4 is 23.4 Å². The van der Waals surface area contributed by atoms with Gasteiger partial charge in [0.25, 0.3) is 0 Å². The van der Waals surface area contributed by atoms with Gasteiger partial charge in [0.05, 0.1) is 0 Å². The second-order valence-electron chi connectivity index (χ2n) is 2.67. The third kappa shape index (κ3) is 1.59. The molecule has 0 spiro atoms. The molecule has 1 aliphatic rings. The molecule has 1 aromatic rings. The first-order chi connectivity index (χ1) is 6.70. The van der Waals surface area contributed by atoms with Crippen molar-refractivity contribution in [1.29, 1.82) is 0 Å². The Bertz CT molecular complexity index is 349. The molecule has 0 aliphatic carbocycles. The number of rotatable bonds is 1. The zero-order valence-corrected chi connectivity index (χ0v) is 8.12. The van der Waals surface area contributed by atoms with Gasteiger partial charge >= 0.3 is 0 Å². The number of aliphatic hydroxyl groups excluding tert-OH is 2. The van der Waals surface area contributed by atoms with Gasteiger partial charge in [-0.1, -0.05) is 11.8 Å². The number of hydrogen-bond acceptors (Lipinski definition) is 8. The van der Waals surface area contributed by atoms with Gasteiger partial charge in [0.15, 0.2) is 24.1 Å². The minimum atomic E-state index is -1.10. The highest BCUT2D eigenvalue weighted by Gasteiger charge is 2.26. The molecule has 0 amide bonds. The van der Waals surface area contributed by atoms with Crippen LogP contribution in [0.1, 0.15) is 0 Å². The summed E-state index contributed by atoms with van der Waals surface area (Å²) in [4.78, 5) is 4.06. The number of thioether (sulfide) groups is 1. The molecule has 2 heterocycles. The molecule has 2 atom stereocenters. The highest BCUT2D eigenvalue weighted by molar-refractivity contribution is 7.98. The van der Waals surface area contributed by atoms with Crippen molar-refractivity contribution < 1.29 is 10.2 Å². The highest BCUT2D eigenvalue weighted by atomic mass is 32.2. The summed E-state index contributed by atoms with van der Waals surface area (Å²) in [5.41, 5.74) is 0. The van der Waals surface area contributed by atoms with E-state index in [2.05, 4.69) is 25.8 Å². The van der Waals surface area contributed by atoms with E-state index in [4.69, 9.17) is 0 Å². The molecule has 0 fully saturated rings. The fourth-order valence-corrected chi connectivity index (χ4v) is 1.34. The molecule has 7 nitrogen and oxygen atoms in total. The van der Waals surface area contributed by atoms with Crippen LogP contribution in [0, 0.1) is 0 Å². The molecule has 4 N–H and O–H groups in total. The number of anilines is 2. The number of nitrogens with zero attached hydrogens (tertiary/aromatic N) is 3. The Morgan fingerprint density at radius 1 is 1.14 bits per heavy atom. The number of aromatic nitrogens is 3. The summed E-state index contributed by atoms with van der Waals surface area (Å²) in [6, 6.07) is 0. The molecule has 8 heteroatoms. The van der Waals surface area contributed by atoms with Gasteiger partial charge in [-0.3, -0.25) is 0 Å². The second-order valence-corrected chi connectivity index (χ2v) is 3.45. The average molecular weight is 215 g/mol. The first-order valence-corrected chi connectivity index (χ1v) is 5.11. The fourth-order valence-electron chi connectivity index (χ4n) is 1.03. The van der Waals surface area contributed by atoms with Gasteiger partial charge in [0, 0.05) is 0 Å². The molecule has 0 radical (unpaired) electrons. The van der Waals surface area contributed by atoms with Crippen LogP contribution in [0.4, 0.5) is 11.6 Å². The second kappa shape index (κ2) is 3.56. The van der Waals surface area contributed by atoms with Crippen LogP contribution in [0.3, 0.4) is 0 Å². The van der Waals surface area contributed by atoms with Crippen molar-refractivity contribution in [3.05, 3.63) is 0 Å². The summed E-state index contributed by atoms with van der Waals surface area (Å²) in [6.45, 7) is 0. The topological polar surface area (TPSA) is 103 Å². The maximum Gasteiger partial charge on any atom is 0.210 e. The molecule has 0 aromatic carbocycles. The van der Waals surface area contributed by atoms with Crippen LogP contribution in [0.5, 0.6) is 0 Å². The molecule has 0 saturated carbocycles. The smallest absolute Gasteiger partial charge is 0.210 e. The van der Waals surface area contributed by atoms with E-state index in [9.17, 15) is 10.2 Å². The van der Waals surface area contributed by atoms with Crippen LogP contribution in [-0.4, -0.2) is 44.1 Å². The van der Waals surface area contributed by atoms with Crippen LogP contribution in [0.15, 0.2) is 5.16 Å². The van der Waals surface area contributed by atoms with E-state index in [-0.39, 0.29) is 0 Å². The maximum atomic E-state index is 9.27. The lowest BCUT2D eigenvalue weighted by atomic mass is 10.4. The number of nitrogens with one attached hydrogen (secondary N) is 2. The Hall–Kier alpha value is -1.12. The zero-order valence-electron chi connectivity index (χ0n) is 7.30. The van der Waals surface area contributed by atoms with Crippen LogP contribution in [0.2, 0.25) is 0 Å². The van der Waals surface area contributed by atoms with Gasteiger partial charge in [-0.2, -0.15) is 4.98 Å². The first kappa shape index (κ1) is 9.44. The van der Waals surface area contributed by atoms with Crippen molar-refractivity contribution in [3.63, 3.8) is 0 Å². The van der Waals surface area contributed by atoms with Crippen LogP contribution < -0.4 is 10.6 Å². The summed E-state index contributed by atoms with van der Waals surface area (Å²) in [5, 5.41) is 31.7. The van der Waals surface area contributed by atoms with E-state index in [1.807, 2.05) is 6.26 Å². The molecule has 0 unspecified atom stereocenters. The predicted molar refractivity (Wildman–Crippen MR) is 50.9 cm³/mol. The minimum absolute atomic E-state index is 0.334. The summed E-state index contributed by atoms with van der Waals surface area (Å²) < 4.78 is 0. The monoisotopic (exact) mass is 215 g/mol. The Morgan fingerprint density at radius 3 is 2.43 bits per heavy atom. The predicted octanol–water partition coefficient (Wildman–Crippen LogP) is -0.932. The summed E-state index contributed by atoms with van der Waals surface area (Å²) >= 11 is 1.35. The molecular weight excluding hydrogens is 206 g/mol. The van der Waals surface area contributed by atoms with Crippen molar-refractivity contribution in [2.24, 2.45) is 0 Å². The first-order valence-electron chi connectivity index (χ1n) is 3.88. The van der Waals surface area contributed by atoms with Gasteiger partial charge in [-0.15, -0.1) is 10.2 Å². The van der Waals surface area contributed by atoms with E-state index in [0.29, 0.717) is 16.8 Å². The Balaban J connectivity index is 2.33. The molecule has 0 saturated heterocycles. The van der Waals surface area contributed by atoms with Crippen molar-refractivity contribution in [2.45, 2.75) is 17.6 Å². The molecule has 76 valence electrons. The van der Waals surface area contributed by atoms with Crippen molar-refractivity contribution in [2.75, 3.05) is 16.9 Å². The summed E-state index contributed by atoms with van der Waals surface area (Å²) in [7, 11) is 0. The third-order valence-corrected chi connectivity index (χ3v) is 2.26. The fraction of sp³-hybridized carbons (Fsp3) is 0.500. The molecule has 1 aromatic heterocycles. The van der Waals surface area contributed by atoms with Gasteiger partial charge in [-0.25, -0.2) is 0 Å². The number of fused-ring (bicyclic) bond motifs is 1. The Labute approximate surface area is 84.0 Å². The standard InChI is InChI=1S/C6H9N5O2S/c1-14-6-9-2-3(10-11-6)8-5(13)4(12)7-2/h4-5,12-13H,1H3,(H,8,10)(H,7,9,11)/t4-,5-/m0/s1. The number of hydrogen-bond donors (Lipinski definition) is 4. The van der Waals surface area contributed by atoms with Crippen LogP contribution >= 0.6 is 11.8 Å². The molecule has 14 heavy (non-hydrogen) atoms. The number of aliphatic hydroxyl groups is 2. The Kier molecular flexibility index (Phi) is 2.40. The molecule has 2 rings (SSSR count). The highest BCUT2D eigenvalue weighted by Crippen LogP contribution is 2.23. The molecular formula is C6H9N5O2S. The third-order valence-electron chi connectivity index (χ3n) is 1.72. The van der Waals surface area contributed by atoms with Crippen molar-refractivity contribution in [1.82, 2.24) is 15.2 Å². The zero-order chi connectivity index (χ0) is 10.1. The van der Waals surface area contributed by atoms with E-state index >= 15 is 0 Å². The molecule has 0 bridgehead atoms. The lowest BCUT2D eigenvalue weighted by molar-refractivity contribution is 0.0517. The SMILES string of the molecule is CSc1nnc2c(n1)N[C@@H](O)[C@H](O)N2. The van der Waals surface area contributed by atoms with Gasteiger partial charge < -0.3 is 20.8 Å². The summed E-state index contributed by atoms with van der Waals surface area (Å²) in [5.74, 6) is 0.725. The van der Waals surface area contributed by atoms with E-state index in [1.54, 1.807) is 0 Å². The summed E-state index contributed by atoms with van der Waals surface area (Å²) in [6.07, 6.45) is -0.363.